The van der Waals surface area contributed by atoms with Crippen molar-refractivity contribution < 1.29 is 29.0 Å². The Hall–Kier alpha value is -2.05. The average Bonchev–Trinajstić information content (AvgIpc) is 2.38. The molecule has 7 nitrogen and oxygen atoms in total. The van der Waals surface area contributed by atoms with Crippen LogP contribution in [0.3, 0.4) is 0 Å². The molecule has 1 N–H and O–H groups in total. The maximum absolute atomic E-state index is 11.9. The van der Waals surface area contributed by atoms with E-state index in [1.54, 1.807) is 0 Å². The Morgan fingerprint density at radius 3 is 2.35 bits per heavy atom. The molecular weight excluding hydrogens is 266 g/mol. The first-order chi connectivity index (χ1) is 9.33. The fraction of sp³-hybridized carbons (Fsp3) is 0.615. The van der Waals surface area contributed by atoms with Gasteiger partial charge in [-0.2, -0.15) is 0 Å². The number of nitrogens with zero attached hydrogens (tertiary/aromatic N) is 1. The van der Waals surface area contributed by atoms with Crippen molar-refractivity contribution in [3.63, 3.8) is 0 Å². The van der Waals surface area contributed by atoms with Crippen LogP contribution >= 0.6 is 0 Å². The molecule has 0 spiro atoms. The van der Waals surface area contributed by atoms with Crippen molar-refractivity contribution in [2.45, 2.75) is 26.3 Å². The minimum atomic E-state index is -1.20. The van der Waals surface area contributed by atoms with E-state index in [1.165, 1.54) is 6.08 Å². The SMILES string of the molecule is C=CCOC(=O)N(CC(=O)OC)[C@@H](CC(C)C)C(=O)O. The first-order valence-electron chi connectivity index (χ1n) is 6.17. The highest BCUT2D eigenvalue weighted by molar-refractivity contribution is 5.84. The number of esters is 1. The van der Waals surface area contributed by atoms with E-state index >= 15 is 0 Å². The first kappa shape index (κ1) is 17.9. The van der Waals surface area contributed by atoms with Gasteiger partial charge in [0.2, 0.25) is 0 Å². The molecule has 1 atom stereocenters. The second kappa shape index (κ2) is 8.95. The van der Waals surface area contributed by atoms with Gasteiger partial charge in [0.05, 0.1) is 7.11 Å². The number of amides is 1. The summed E-state index contributed by atoms with van der Waals surface area (Å²) in [7, 11) is 1.16. The van der Waals surface area contributed by atoms with Gasteiger partial charge < -0.3 is 14.6 Å². The zero-order valence-corrected chi connectivity index (χ0v) is 12.0. The van der Waals surface area contributed by atoms with Crippen LogP contribution in [-0.4, -0.2) is 54.3 Å². The molecule has 0 fully saturated rings. The number of aliphatic carboxylic acids is 1. The number of carboxylic acid groups (broad SMARTS) is 1. The normalized spacial score (nSPS) is 11.6. The smallest absolute Gasteiger partial charge is 0.411 e. The minimum Gasteiger partial charge on any atom is -0.480 e. The molecule has 20 heavy (non-hydrogen) atoms. The topological polar surface area (TPSA) is 93.1 Å². The molecule has 0 saturated heterocycles. The van der Waals surface area contributed by atoms with Gasteiger partial charge in [-0.25, -0.2) is 9.59 Å². The Morgan fingerprint density at radius 1 is 1.35 bits per heavy atom. The molecule has 0 aromatic heterocycles. The molecule has 0 aromatic carbocycles. The molecule has 0 saturated carbocycles. The third-order valence-corrected chi connectivity index (χ3v) is 2.44. The number of rotatable bonds is 8. The lowest BCUT2D eigenvalue weighted by Gasteiger charge is -2.28. The van der Waals surface area contributed by atoms with E-state index in [4.69, 9.17) is 4.74 Å². The maximum atomic E-state index is 11.9. The highest BCUT2D eigenvalue weighted by Gasteiger charge is 2.33. The Balaban J connectivity index is 5.11. The second-order valence-electron chi connectivity index (χ2n) is 4.55. The van der Waals surface area contributed by atoms with Crippen LogP contribution in [0.15, 0.2) is 12.7 Å². The lowest BCUT2D eigenvalue weighted by molar-refractivity contribution is -0.147. The van der Waals surface area contributed by atoms with Crippen molar-refractivity contribution in [3.05, 3.63) is 12.7 Å². The highest BCUT2D eigenvalue weighted by atomic mass is 16.6. The van der Waals surface area contributed by atoms with Gasteiger partial charge in [0, 0.05) is 0 Å². The van der Waals surface area contributed by atoms with Crippen LogP contribution in [0.5, 0.6) is 0 Å². The number of carbonyl (C=O) groups excluding carboxylic acids is 2. The van der Waals surface area contributed by atoms with Crippen molar-refractivity contribution in [2.24, 2.45) is 5.92 Å². The van der Waals surface area contributed by atoms with Crippen LogP contribution in [0, 0.1) is 5.92 Å². The van der Waals surface area contributed by atoms with E-state index in [1.807, 2.05) is 13.8 Å². The summed E-state index contributed by atoms with van der Waals surface area (Å²) < 4.78 is 9.28. The molecule has 0 aromatic rings. The van der Waals surface area contributed by atoms with Crippen molar-refractivity contribution in [1.29, 1.82) is 0 Å². The molecule has 0 aliphatic heterocycles. The lowest BCUT2D eigenvalue weighted by Crippen LogP contribution is -2.48. The summed E-state index contributed by atoms with van der Waals surface area (Å²) in [6.07, 6.45) is 0.672. The van der Waals surface area contributed by atoms with Crippen molar-refractivity contribution in [1.82, 2.24) is 4.90 Å². The molecule has 0 unspecified atom stereocenters. The van der Waals surface area contributed by atoms with E-state index in [0.29, 0.717) is 0 Å². The van der Waals surface area contributed by atoms with E-state index in [0.717, 1.165) is 12.0 Å². The van der Waals surface area contributed by atoms with Crippen LogP contribution in [0.4, 0.5) is 4.79 Å². The zero-order valence-electron chi connectivity index (χ0n) is 12.0. The third-order valence-electron chi connectivity index (χ3n) is 2.44. The standard InChI is InChI=1S/C13H21NO6/c1-5-6-20-13(18)14(8-11(15)19-4)10(12(16)17)7-9(2)3/h5,9-10H,1,6-8H2,2-4H3,(H,16,17)/t10-/m0/s1. The summed E-state index contributed by atoms with van der Waals surface area (Å²) in [6, 6.07) is -1.15. The highest BCUT2D eigenvalue weighted by Crippen LogP contribution is 2.14. The molecule has 114 valence electrons. The number of carboxylic acids is 1. The fourth-order valence-electron chi connectivity index (χ4n) is 1.53. The van der Waals surface area contributed by atoms with Gasteiger partial charge in [-0.3, -0.25) is 9.69 Å². The second-order valence-corrected chi connectivity index (χ2v) is 4.55. The van der Waals surface area contributed by atoms with Gasteiger partial charge in [0.15, 0.2) is 0 Å². The molecule has 0 aliphatic carbocycles. The van der Waals surface area contributed by atoms with Gasteiger partial charge in [-0.1, -0.05) is 26.5 Å². The van der Waals surface area contributed by atoms with Crippen molar-refractivity contribution >= 4 is 18.0 Å². The van der Waals surface area contributed by atoms with Gasteiger partial charge in [-0.05, 0) is 12.3 Å². The first-order valence-corrected chi connectivity index (χ1v) is 6.17. The summed E-state index contributed by atoms with van der Waals surface area (Å²) in [6.45, 7) is 6.49. The summed E-state index contributed by atoms with van der Waals surface area (Å²) in [4.78, 5) is 35.4. The number of carbonyl (C=O) groups is 3. The van der Waals surface area contributed by atoms with Crippen LogP contribution in [0.1, 0.15) is 20.3 Å². The van der Waals surface area contributed by atoms with Crippen LogP contribution in [0.25, 0.3) is 0 Å². The van der Waals surface area contributed by atoms with E-state index in [-0.39, 0.29) is 18.9 Å². The largest absolute Gasteiger partial charge is 0.480 e. The molecule has 0 radical (unpaired) electrons. The number of ether oxygens (including phenoxy) is 2. The quantitative estimate of drug-likeness (QED) is 0.534. The van der Waals surface area contributed by atoms with E-state index in [9.17, 15) is 19.5 Å². The van der Waals surface area contributed by atoms with E-state index < -0.39 is 30.6 Å². The Bertz CT molecular complexity index is 366. The Kier molecular flexibility index (Phi) is 8.03. The average molecular weight is 287 g/mol. The van der Waals surface area contributed by atoms with Gasteiger partial charge >= 0.3 is 18.0 Å². The maximum Gasteiger partial charge on any atom is 0.411 e. The predicted molar refractivity (Wildman–Crippen MR) is 71.1 cm³/mol. The molecule has 0 rings (SSSR count). The summed E-state index contributed by atoms with van der Waals surface area (Å²) in [5.41, 5.74) is 0. The van der Waals surface area contributed by atoms with E-state index in [2.05, 4.69) is 11.3 Å². The van der Waals surface area contributed by atoms with Gasteiger partial charge in [0.1, 0.15) is 19.2 Å². The monoisotopic (exact) mass is 287 g/mol. The lowest BCUT2D eigenvalue weighted by atomic mass is 10.0. The number of hydrogen-bond donors (Lipinski definition) is 1. The Morgan fingerprint density at radius 2 is 1.95 bits per heavy atom. The van der Waals surface area contributed by atoms with Gasteiger partial charge in [0.25, 0.3) is 0 Å². The fourth-order valence-corrected chi connectivity index (χ4v) is 1.53. The third kappa shape index (κ3) is 6.21. The van der Waals surface area contributed by atoms with Crippen LogP contribution in [-0.2, 0) is 19.1 Å². The minimum absolute atomic E-state index is 0.0310. The summed E-state index contributed by atoms with van der Waals surface area (Å²) in [5.74, 6) is -1.88. The van der Waals surface area contributed by atoms with Crippen LogP contribution < -0.4 is 0 Å². The molecule has 1 amide bonds. The summed E-state index contributed by atoms with van der Waals surface area (Å²) in [5, 5.41) is 9.23. The number of methoxy groups -OCH3 is 1. The zero-order chi connectivity index (χ0) is 15.7. The molecule has 0 heterocycles. The number of hydrogen-bond acceptors (Lipinski definition) is 5. The molecule has 7 heteroatoms. The molecule has 0 bridgehead atoms. The predicted octanol–water partition coefficient (Wildman–Crippen LogP) is 1.28. The molecule has 0 aliphatic rings. The van der Waals surface area contributed by atoms with Crippen molar-refractivity contribution in [3.8, 4) is 0 Å². The molecular formula is C13H21NO6. The van der Waals surface area contributed by atoms with Crippen LogP contribution in [0.2, 0.25) is 0 Å². The summed E-state index contributed by atoms with van der Waals surface area (Å²) >= 11 is 0. The van der Waals surface area contributed by atoms with Gasteiger partial charge in [-0.15, -0.1) is 0 Å². The van der Waals surface area contributed by atoms with Crippen molar-refractivity contribution in [2.75, 3.05) is 20.3 Å². The Labute approximate surface area is 118 Å².